The number of aromatic carboxylic acids is 1. The van der Waals surface area contributed by atoms with Crippen LogP contribution >= 0.6 is 15.9 Å². The van der Waals surface area contributed by atoms with Gasteiger partial charge in [-0.1, -0.05) is 22.0 Å². The summed E-state index contributed by atoms with van der Waals surface area (Å²) in [6.45, 7) is -0.0967. The Bertz CT molecular complexity index is 309. The van der Waals surface area contributed by atoms with E-state index in [1.165, 1.54) is 12.1 Å². The first-order valence-corrected chi connectivity index (χ1v) is 4.07. The predicted molar refractivity (Wildman–Crippen MR) is 47.0 cm³/mol. The number of benzene rings is 1. The van der Waals surface area contributed by atoms with E-state index in [9.17, 15) is 4.79 Å². The van der Waals surface area contributed by atoms with Crippen molar-refractivity contribution in [1.29, 1.82) is 0 Å². The number of hydrogen-bond donors (Lipinski definition) is 2. The molecule has 0 fully saturated rings. The van der Waals surface area contributed by atoms with Crippen LogP contribution in [-0.4, -0.2) is 16.2 Å². The summed E-state index contributed by atoms with van der Waals surface area (Å²) < 4.78 is 0.616. The highest BCUT2D eigenvalue weighted by Crippen LogP contribution is 2.18. The van der Waals surface area contributed by atoms with Gasteiger partial charge in [-0.25, -0.2) is 4.79 Å². The van der Waals surface area contributed by atoms with E-state index in [-0.39, 0.29) is 12.2 Å². The summed E-state index contributed by atoms with van der Waals surface area (Å²) in [6, 6.07) is 4.50. The van der Waals surface area contributed by atoms with E-state index in [1.807, 2.05) is 0 Å². The third-order valence-corrected chi connectivity index (χ3v) is 2.21. The fourth-order valence-corrected chi connectivity index (χ4v) is 1.31. The Kier molecular flexibility index (Phi) is 2.83. The molecule has 0 amide bonds. The Morgan fingerprint density at radius 3 is 2.58 bits per heavy atom. The van der Waals surface area contributed by atoms with E-state index < -0.39 is 5.97 Å². The monoisotopic (exact) mass is 230 g/mol. The number of aliphatic hydroxyl groups is 1. The van der Waals surface area contributed by atoms with Crippen molar-refractivity contribution in [3.63, 3.8) is 0 Å². The number of carboxylic acids is 1. The van der Waals surface area contributed by atoms with Gasteiger partial charge in [0.1, 0.15) is 0 Å². The first kappa shape index (κ1) is 9.22. The Labute approximate surface area is 77.8 Å². The van der Waals surface area contributed by atoms with Crippen molar-refractivity contribution in [3.8, 4) is 0 Å². The lowest BCUT2D eigenvalue weighted by molar-refractivity contribution is 0.0696. The van der Waals surface area contributed by atoms with Crippen LogP contribution in [0.2, 0.25) is 0 Å². The van der Waals surface area contributed by atoms with Crippen molar-refractivity contribution in [3.05, 3.63) is 33.8 Å². The second kappa shape index (κ2) is 3.69. The van der Waals surface area contributed by atoms with E-state index in [2.05, 4.69) is 15.9 Å². The molecule has 0 aromatic heterocycles. The molecule has 0 bridgehead atoms. The molecule has 64 valence electrons. The van der Waals surface area contributed by atoms with Crippen LogP contribution in [0.5, 0.6) is 0 Å². The van der Waals surface area contributed by atoms with Crippen LogP contribution in [0.25, 0.3) is 0 Å². The minimum Gasteiger partial charge on any atom is -0.478 e. The lowest BCUT2D eigenvalue weighted by Gasteiger charge is -2.00. The molecule has 2 N–H and O–H groups in total. The Morgan fingerprint density at radius 2 is 2.17 bits per heavy atom. The molecule has 0 atom stereocenters. The SMILES string of the molecule is O=C(O)c1ccc(CO)c(Br)c1. The zero-order valence-corrected chi connectivity index (χ0v) is 7.71. The maximum absolute atomic E-state index is 10.5. The van der Waals surface area contributed by atoms with Crippen LogP contribution in [0.15, 0.2) is 22.7 Å². The Hall–Kier alpha value is -0.870. The average molecular weight is 231 g/mol. The summed E-state index contributed by atoms with van der Waals surface area (Å²) in [5.41, 5.74) is 0.888. The fourth-order valence-electron chi connectivity index (χ4n) is 0.809. The highest BCUT2D eigenvalue weighted by Gasteiger charge is 2.05. The first-order chi connectivity index (χ1) is 5.65. The highest BCUT2D eigenvalue weighted by molar-refractivity contribution is 9.10. The predicted octanol–water partition coefficient (Wildman–Crippen LogP) is 1.64. The molecule has 12 heavy (non-hydrogen) atoms. The van der Waals surface area contributed by atoms with Gasteiger partial charge in [-0.3, -0.25) is 0 Å². The van der Waals surface area contributed by atoms with Crippen LogP contribution in [-0.2, 0) is 6.61 Å². The molecule has 1 aromatic carbocycles. The van der Waals surface area contributed by atoms with Gasteiger partial charge in [0.15, 0.2) is 0 Å². The second-order valence-corrected chi connectivity index (χ2v) is 3.12. The maximum Gasteiger partial charge on any atom is 0.335 e. The maximum atomic E-state index is 10.5. The van der Waals surface area contributed by atoms with E-state index in [0.29, 0.717) is 10.0 Å². The van der Waals surface area contributed by atoms with Gasteiger partial charge in [0.2, 0.25) is 0 Å². The first-order valence-electron chi connectivity index (χ1n) is 3.27. The number of rotatable bonds is 2. The lowest BCUT2D eigenvalue weighted by Crippen LogP contribution is -1.97. The van der Waals surface area contributed by atoms with Crippen molar-refractivity contribution >= 4 is 21.9 Å². The lowest BCUT2D eigenvalue weighted by atomic mass is 10.1. The third-order valence-electron chi connectivity index (χ3n) is 1.47. The molecule has 0 spiro atoms. The second-order valence-electron chi connectivity index (χ2n) is 2.27. The standard InChI is InChI=1S/C8H7BrO3/c9-7-3-5(8(11)12)1-2-6(7)4-10/h1-3,10H,4H2,(H,11,12). The van der Waals surface area contributed by atoms with Gasteiger partial charge in [0.25, 0.3) is 0 Å². The molecule has 0 saturated carbocycles. The summed E-state index contributed by atoms with van der Waals surface area (Å²) in [5, 5.41) is 17.4. The summed E-state index contributed by atoms with van der Waals surface area (Å²) in [7, 11) is 0. The van der Waals surface area contributed by atoms with Crippen molar-refractivity contribution in [2.24, 2.45) is 0 Å². The molecule has 0 aliphatic heterocycles. The zero-order valence-electron chi connectivity index (χ0n) is 6.12. The van der Waals surface area contributed by atoms with Crippen LogP contribution in [0.4, 0.5) is 0 Å². The number of halogens is 1. The van der Waals surface area contributed by atoms with Gasteiger partial charge in [-0.2, -0.15) is 0 Å². The van der Waals surface area contributed by atoms with Crippen molar-refractivity contribution in [2.75, 3.05) is 0 Å². The van der Waals surface area contributed by atoms with Crippen molar-refractivity contribution < 1.29 is 15.0 Å². The molecule has 3 nitrogen and oxygen atoms in total. The largest absolute Gasteiger partial charge is 0.478 e. The number of carboxylic acid groups (broad SMARTS) is 1. The van der Waals surface area contributed by atoms with Crippen LogP contribution in [0, 0.1) is 0 Å². The normalized spacial score (nSPS) is 9.83. The van der Waals surface area contributed by atoms with Crippen LogP contribution in [0.1, 0.15) is 15.9 Å². The smallest absolute Gasteiger partial charge is 0.335 e. The molecule has 0 unspecified atom stereocenters. The van der Waals surface area contributed by atoms with Gasteiger partial charge in [0, 0.05) is 4.47 Å². The molecule has 0 radical (unpaired) electrons. The minimum atomic E-state index is -0.972. The van der Waals surface area contributed by atoms with E-state index >= 15 is 0 Å². The van der Waals surface area contributed by atoms with Gasteiger partial charge < -0.3 is 10.2 Å². The molecule has 0 aliphatic rings. The number of hydrogen-bond acceptors (Lipinski definition) is 2. The quantitative estimate of drug-likeness (QED) is 0.813. The van der Waals surface area contributed by atoms with E-state index in [4.69, 9.17) is 10.2 Å². The zero-order chi connectivity index (χ0) is 9.14. The molecular formula is C8H7BrO3. The Morgan fingerprint density at radius 1 is 1.50 bits per heavy atom. The molecular weight excluding hydrogens is 224 g/mol. The van der Waals surface area contributed by atoms with Crippen molar-refractivity contribution in [2.45, 2.75) is 6.61 Å². The van der Waals surface area contributed by atoms with Crippen LogP contribution in [0.3, 0.4) is 0 Å². The van der Waals surface area contributed by atoms with Gasteiger partial charge >= 0.3 is 5.97 Å². The van der Waals surface area contributed by atoms with E-state index in [0.717, 1.165) is 0 Å². The highest BCUT2D eigenvalue weighted by atomic mass is 79.9. The summed E-state index contributed by atoms with van der Waals surface area (Å²) >= 11 is 3.15. The van der Waals surface area contributed by atoms with Gasteiger partial charge in [-0.05, 0) is 17.7 Å². The van der Waals surface area contributed by atoms with Gasteiger partial charge in [-0.15, -0.1) is 0 Å². The summed E-state index contributed by atoms with van der Waals surface area (Å²) in [5.74, 6) is -0.972. The molecule has 1 rings (SSSR count). The molecule has 0 saturated heterocycles. The fraction of sp³-hybridized carbons (Fsp3) is 0.125. The molecule has 0 aliphatic carbocycles. The Balaban J connectivity index is 3.10. The minimum absolute atomic E-state index is 0.0967. The average Bonchev–Trinajstić information content (AvgIpc) is 2.04. The van der Waals surface area contributed by atoms with E-state index in [1.54, 1.807) is 6.07 Å². The summed E-state index contributed by atoms with van der Waals surface area (Å²) in [6.07, 6.45) is 0. The molecule has 1 aromatic rings. The number of aliphatic hydroxyl groups excluding tert-OH is 1. The van der Waals surface area contributed by atoms with Gasteiger partial charge in [0.05, 0.1) is 12.2 Å². The van der Waals surface area contributed by atoms with Crippen molar-refractivity contribution in [1.82, 2.24) is 0 Å². The topological polar surface area (TPSA) is 57.5 Å². The summed E-state index contributed by atoms with van der Waals surface area (Å²) in [4.78, 5) is 10.5. The third kappa shape index (κ3) is 1.84. The molecule has 4 heteroatoms. The van der Waals surface area contributed by atoms with Crippen LogP contribution < -0.4 is 0 Å². The molecule has 0 heterocycles. The number of carbonyl (C=O) groups is 1.